The van der Waals surface area contributed by atoms with Crippen LogP contribution in [0.15, 0.2) is 57.7 Å². The molecule has 2 fully saturated rings. The molecule has 0 aliphatic carbocycles. The molecule has 2 saturated heterocycles. The lowest BCUT2D eigenvalue weighted by Crippen LogP contribution is -2.52. The van der Waals surface area contributed by atoms with Crippen LogP contribution < -0.4 is 5.43 Å². The molecular formula is C30H36N2O4. The molecule has 0 N–H and O–H groups in total. The molecule has 6 nitrogen and oxygen atoms in total. The van der Waals surface area contributed by atoms with E-state index in [4.69, 9.17) is 9.15 Å². The van der Waals surface area contributed by atoms with Crippen molar-refractivity contribution >= 4 is 16.9 Å². The van der Waals surface area contributed by atoms with Crippen LogP contribution in [0.2, 0.25) is 0 Å². The molecule has 2 aromatic carbocycles. The second-order valence-corrected chi connectivity index (χ2v) is 10.2. The van der Waals surface area contributed by atoms with Gasteiger partial charge < -0.3 is 19.0 Å². The summed E-state index contributed by atoms with van der Waals surface area (Å²) in [7, 11) is 1.66. The van der Waals surface area contributed by atoms with Gasteiger partial charge in [-0.2, -0.15) is 0 Å². The van der Waals surface area contributed by atoms with Crippen molar-refractivity contribution in [3.8, 4) is 11.3 Å². The molecule has 0 bridgehead atoms. The van der Waals surface area contributed by atoms with Crippen LogP contribution in [-0.4, -0.2) is 61.6 Å². The molecule has 6 heteroatoms. The minimum atomic E-state index is -0.100. The van der Waals surface area contributed by atoms with Gasteiger partial charge in [-0.25, -0.2) is 0 Å². The SMILES string of the molecule is COCCN(CC1CCCN2CCCCC12)C(=O)c1cccc2c(=O)c(C)c(-c3ccccc3)oc12. The molecule has 2 atom stereocenters. The Hall–Kier alpha value is -2.96. The second kappa shape index (κ2) is 11.0. The van der Waals surface area contributed by atoms with Gasteiger partial charge >= 0.3 is 0 Å². The summed E-state index contributed by atoms with van der Waals surface area (Å²) in [5, 5.41) is 0.445. The zero-order valence-electron chi connectivity index (χ0n) is 21.4. The van der Waals surface area contributed by atoms with E-state index in [1.54, 1.807) is 32.2 Å². The molecule has 2 unspecified atom stereocenters. The van der Waals surface area contributed by atoms with Crippen molar-refractivity contribution in [1.82, 2.24) is 9.80 Å². The summed E-state index contributed by atoms with van der Waals surface area (Å²) in [6, 6.07) is 15.5. The van der Waals surface area contributed by atoms with Crippen molar-refractivity contribution in [3.63, 3.8) is 0 Å². The first kappa shape index (κ1) is 24.7. The number of rotatable bonds is 7. The highest BCUT2D eigenvalue weighted by molar-refractivity contribution is 6.05. The minimum Gasteiger partial charge on any atom is -0.455 e. The van der Waals surface area contributed by atoms with E-state index in [9.17, 15) is 9.59 Å². The van der Waals surface area contributed by atoms with Crippen LogP contribution in [0.4, 0.5) is 0 Å². The summed E-state index contributed by atoms with van der Waals surface area (Å²) < 4.78 is 11.7. The molecule has 5 rings (SSSR count). The summed E-state index contributed by atoms with van der Waals surface area (Å²) in [5.74, 6) is 0.863. The molecular weight excluding hydrogens is 452 g/mol. The Morgan fingerprint density at radius 3 is 2.67 bits per heavy atom. The van der Waals surface area contributed by atoms with Gasteiger partial charge in [0.25, 0.3) is 5.91 Å². The predicted molar refractivity (Wildman–Crippen MR) is 142 cm³/mol. The van der Waals surface area contributed by atoms with Gasteiger partial charge in [-0.3, -0.25) is 9.59 Å². The number of para-hydroxylation sites is 1. The Labute approximate surface area is 212 Å². The van der Waals surface area contributed by atoms with Crippen LogP contribution in [0.3, 0.4) is 0 Å². The smallest absolute Gasteiger partial charge is 0.257 e. The third kappa shape index (κ3) is 4.84. The fourth-order valence-electron chi connectivity index (χ4n) is 6.06. The molecule has 0 saturated carbocycles. The van der Waals surface area contributed by atoms with Gasteiger partial charge in [0, 0.05) is 37.4 Å². The van der Waals surface area contributed by atoms with Crippen molar-refractivity contribution in [2.75, 3.05) is 39.9 Å². The Bertz CT molecular complexity index is 1270. The Morgan fingerprint density at radius 2 is 1.86 bits per heavy atom. The number of carbonyl (C=O) groups is 1. The van der Waals surface area contributed by atoms with E-state index in [1.807, 2.05) is 35.2 Å². The van der Waals surface area contributed by atoms with Gasteiger partial charge in [0.2, 0.25) is 0 Å². The van der Waals surface area contributed by atoms with E-state index in [0.29, 0.717) is 59.5 Å². The van der Waals surface area contributed by atoms with E-state index in [1.165, 1.54) is 38.8 Å². The molecule has 1 aromatic heterocycles. The van der Waals surface area contributed by atoms with Gasteiger partial charge in [-0.05, 0) is 63.7 Å². The van der Waals surface area contributed by atoms with E-state index in [0.717, 1.165) is 12.0 Å². The van der Waals surface area contributed by atoms with E-state index < -0.39 is 0 Å². The van der Waals surface area contributed by atoms with Crippen molar-refractivity contribution < 1.29 is 13.9 Å². The molecule has 190 valence electrons. The fraction of sp³-hybridized carbons (Fsp3) is 0.467. The molecule has 0 spiro atoms. The molecule has 2 aliphatic heterocycles. The number of fused-ring (bicyclic) bond motifs is 2. The molecule has 2 aliphatic rings. The van der Waals surface area contributed by atoms with E-state index >= 15 is 0 Å². The fourth-order valence-corrected chi connectivity index (χ4v) is 6.06. The van der Waals surface area contributed by atoms with Gasteiger partial charge in [0.15, 0.2) is 11.0 Å². The lowest BCUT2D eigenvalue weighted by molar-refractivity contribution is 0.0316. The predicted octanol–water partition coefficient (Wildman–Crippen LogP) is 5.12. The number of ether oxygens (including phenoxy) is 1. The Kier molecular flexibility index (Phi) is 7.54. The number of piperidine rings is 2. The van der Waals surface area contributed by atoms with Crippen LogP contribution in [0.25, 0.3) is 22.3 Å². The highest BCUT2D eigenvalue weighted by atomic mass is 16.5. The first-order valence-corrected chi connectivity index (χ1v) is 13.2. The van der Waals surface area contributed by atoms with Crippen LogP contribution >= 0.6 is 0 Å². The average Bonchev–Trinajstić information content (AvgIpc) is 2.93. The lowest BCUT2D eigenvalue weighted by atomic mass is 9.83. The molecule has 0 radical (unpaired) electrons. The molecule has 3 heterocycles. The summed E-state index contributed by atoms with van der Waals surface area (Å²) in [5.41, 5.74) is 2.08. The zero-order valence-corrected chi connectivity index (χ0v) is 21.4. The Balaban J connectivity index is 1.52. The summed E-state index contributed by atoms with van der Waals surface area (Å²) >= 11 is 0. The number of hydrogen-bond donors (Lipinski definition) is 0. The van der Waals surface area contributed by atoms with Gasteiger partial charge in [-0.15, -0.1) is 0 Å². The minimum absolute atomic E-state index is 0.0988. The maximum Gasteiger partial charge on any atom is 0.257 e. The van der Waals surface area contributed by atoms with Crippen LogP contribution in [0.5, 0.6) is 0 Å². The number of benzene rings is 2. The van der Waals surface area contributed by atoms with Crippen molar-refractivity contribution in [1.29, 1.82) is 0 Å². The normalized spacial score (nSPS) is 20.3. The quantitative estimate of drug-likeness (QED) is 0.462. The van der Waals surface area contributed by atoms with Gasteiger partial charge in [-0.1, -0.05) is 42.8 Å². The maximum absolute atomic E-state index is 14.0. The molecule has 36 heavy (non-hydrogen) atoms. The monoisotopic (exact) mass is 488 g/mol. The largest absolute Gasteiger partial charge is 0.455 e. The van der Waals surface area contributed by atoms with E-state index in [2.05, 4.69) is 4.90 Å². The van der Waals surface area contributed by atoms with Gasteiger partial charge in [0.1, 0.15) is 5.76 Å². The Morgan fingerprint density at radius 1 is 1.06 bits per heavy atom. The molecule has 1 amide bonds. The number of methoxy groups -OCH3 is 1. The van der Waals surface area contributed by atoms with Crippen molar-refractivity contribution in [3.05, 3.63) is 69.9 Å². The number of amides is 1. The van der Waals surface area contributed by atoms with Crippen molar-refractivity contribution in [2.45, 2.75) is 45.1 Å². The summed E-state index contributed by atoms with van der Waals surface area (Å²) in [6.07, 6.45) is 6.06. The third-order valence-corrected chi connectivity index (χ3v) is 7.95. The van der Waals surface area contributed by atoms with Gasteiger partial charge in [0.05, 0.1) is 17.6 Å². The standard InChI is InChI=1S/C30H36N2O4/c1-21-27(33)24-13-8-14-25(29(24)36-28(21)22-10-4-3-5-11-22)30(34)32(18-19-35-2)20-23-12-9-17-31-16-7-6-15-26(23)31/h3-5,8,10-11,13-14,23,26H,6-7,9,12,15-20H2,1-2H3. The van der Waals surface area contributed by atoms with E-state index in [-0.39, 0.29) is 11.3 Å². The molecule has 3 aromatic rings. The highest BCUT2D eigenvalue weighted by Crippen LogP contribution is 2.32. The first-order chi connectivity index (χ1) is 17.6. The summed E-state index contributed by atoms with van der Waals surface area (Å²) in [6.45, 7) is 5.80. The first-order valence-electron chi connectivity index (χ1n) is 13.2. The number of hydrogen-bond acceptors (Lipinski definition) is 5. The number of carbonyl (C=O) groups excluding carboxylic acids is 1. The van der Waals surface area contributed by atoms with Crippen LogP contribution in [0, 0.1) is 12.8 Å². The highest BCUT2D eigenvalue weighted by Gasteiger charge is 2.35. The second-order valence-electron chi connectivity index (χ2n) is 10.2. The number of nitrogens with zero attached hydrogens (tertiary/aromatic N) is 2. The van der Waals surface area contributed by atoms with Crippen molar-refractivity contribution in [2.24, 2.45) is 5.92 Å². The zero-order chi connectivity index (χ0) is 25.1. The lowest BCUT2D eigenvalue weighted by Gasteiger charge is -2.45. The summed E-state index contributed by atoms with van der Waals surface area (Å²) in [4.78, 5) is 31.9. The van der Waals surface area contributed by atoms with Crippen LogP contribution in [0.1, 0.15) is 48.0 Å². The average molecular weight is 489 g/mol. The third-order valence-electron chi connectivity index (χ3n) is 7.95. The topological polar surface area (TPSA) is 63.0 Å². The maximum atomic E-state index is 14.0. The van der Waals surface area contributed by atoms with Crippen LogP contribution in [-0.2, 0) is 4.74 Å².